The van der Waals surface area contributed by atoms with Crippen molar-refractivity contribution in [3.05, 3.63) is 0 Å². The summed E-state index contributed by atoms with van der Waals surface area (Å²) in [6.07, 6.45) is 6.47. The fourth-order valence-electron chi connectivity index (χ4n) is 3.56. The monoisotopic (exact) mass is 420 g/mol. The molecule has 8 heteroatoms. The molecule has 1 heterocycles. The maximum atomic E-state index is 12.2. The molecule has 0 bridgehead atoms. The molecule has 0 aromatic heterocycles. The minimum atomic E-state index is -2.16. The van der Waals surface area contributed by atoms with Gasteiger partial charge in [0.25, 0.3) is 5.79 Å². The molecule has 0 aliphatic carbocycles. The summed E-state index contributed by atoms with van der Waals surface area (Å²) in [6.45, 7) is 1.34. The maximum absolute atomic E-state index is 12.2. The molecule has 1 aliphatic rings. The first kappa shape index (κ1) is 26.3. The number of aliphatic hydroxyl groups is 4. The van der Waals surface area contributed by atoms with Gasteiger partial charge < -0.3 is 34.6 Å². The first-order valence-corrected chi connectivity index (χ1v) is 11.0. The molecular weight excluding hydrogens is 380 g/mol. The van der Waals surface area contributed by atoms with Gasteiger partial charge >= 0.3 is 5.97 Å². The lowest BCUT2D eigenvalue weighted by atomic mass is 9.96. The van der Waals surface area contributed by atoms with Crippen molar-refractivity contribution in [2.45, 2.75) is 114 Å². The number of hydrogen-bond donors (Lipinski definition) is 4. The van der Waals surface area contributed by atoms with Crippen LogP contribution >= 0.6 is 0 Å². The number of rotatable bonds is 15. The highest BCUT2D eigenvalue weighted by molar-refractivity contribution is 5.69. The minimum Gasteiger partial charge on any atom is -0.427 e. The van der Waals surface area contributed by atoms with Gasteiger partial charge in [0.05, 0.1) is 0 Å². The largest absolute Gasteiger partial charge is 0.427 e. The molecular formula is C21H40O8. The fourth-order valence-corrected chi connectivity index (χ4v) is 3.56. The standard InChI is InChI=1S/C21H40O8/c1-3-4-5-6-7-8-9-10-11-12-13-14-16(23)28-21(15-22)19(26)17(24)18(25)20(27-2)29-21/h17-20,22,24-26H,3-15H2,1-2H3/t17-,18+,19-,20+,21?/m1/s1. The summed E-state index contributed by atoms with van der Waals surface area (Å²) in [5.74, 6) is -2.80. The lowest BCUT2D eigenvalue weighted by molar-refractivity contribution is -0.394. The Kier molecular flexibility index (Phi) is 12.9. The highest BCUT2D eigenvalue weighted by Gasteiger charge is 2.56. The van der Waals surface area contributed by atoms with Gasteiger partial charge in [0.2, 0.25) is 0 Å². The van der Waals surface area contributed by atoms with Crippen LogP contribution in [0.3, 0.4) is 0 Å². The Morgan fingerprint density at radius 1 is 0.897 bits per heavy atom. The molecule has 1 unspecified atom stereocenters. The van der Waals surface area contributed by atoms with Crippen molar-refractivity contribution < 1.29 is 39.4 Å². The smallest absolute Gasteiger partial charge is 0.308 e. The van der Waals surface area contributed by atoms with Crippen molar-refractivity contribution in [3.8, 4) is 0 Å². The zero-order valence-electron chi connectivity index (χ0n) is 17.9. The second-order valence-electron chi connectivity index (χ2n) is 7.88. The molecule has 0 saturated carbocycles. The van der Waals surface area contributed by atoms with Crippen LogP contribution in [-0.2, 0) is 19.0 Å². The molecule has 1 rings (SSSR count). The van der Waals surface area contributed by atoms with E-state index in [9.17, 15) is 25.2 Å². The Morgan fingerprint density at radius 2 is 1.41 bits per heavy atom. The quantitative estimate of drug-likeness (QED) is 0.234. The molecule has 0 spiro atoms. The first-order chi connectivity index (χ1) is 13.9. The predicted octanol–water partition coefficient (Wildman–Crippen LogP) is 2.00. The molecule has 29 heavy (non-hydrogen) atoms. The molecule has 0 radical (unpaired) electrons. The van der Waals surface area contributed by atoms with Gasteiger partial charge in [0.1, 0.15) is 18.8 Å². The zero-order chi connectivity index (χ0) is 21.7. The Hall–Kier alpha value is -0.770. The van der Waals surface area contributed by atoms with E-state index in [0.29, 0.717) is 6.42 Å². The van der Waals surface area contributed by atoms with E-state index in [2.05, 4.69) is 6.92 Å². The predicted molar refractivity (Wildman–Crippen MR) is 107 cm³/mol. The molecule has 4 N–H and O–H groups in total. The van der Waals surface area contributed by atoms with Gasteiger partial charge in [0.15, 0.2) is 12.4 Å². The van der Waals surface area contributed by atoms with E-state index in [-0.39, 0.29) is 6.42 Å². The third-order valence-corrected chi connectivity index (χ3v) is 5.44. The third kappa shape index (κ3) is 8.47. The van der Waals surface area contributed by atoms with E-state index in [4.69, 9.17) is 14.2 Å². The number of carbonyl (C=O) groups is 1. The first-order valence-electron chi connectivity index (χ1n) is 11.0. The maximum Gasteiger partial charge on any atom is 0.308 e. The van der Waals surface area contributed by atoms with Crippen molar-refractivity contribution in [3.63, 3.8) is 0 Å². The van der Waals surface area contributed by atoms with Gasteiger partial charge in [-0.2, -0.15) is 0 Å². The molecule has 172 valence electrons. The van der Waals surface area contributed by atoms with Gasteiger partial charge in [-0.05, 0) is 6.42 Å². The van der Waals surface area contributed by atoms with E-state index in [1.807, 2.05) is 0 Å². The Morgan fingerprint density at radius 3 is 1.90 bits per heavy atom. The normalized spacial score (nSPS) is 29.7. The van der Waals surface area contributed by atoms with Crippen molar-refractivity contribution in [1.29, 1.82) is 0 Å². The number of unbranched alkanes of at least 4 members (excludes halogenated alkanes) is 10. The average Bonchev–Trinajstić information content (AvgIpc) is 2.72. The highest BCUT2D eigenvalue weighted by Crippen LogP contribution is 2.32. The topological polar surface area (TPSA) is 126 Å². The van der Waals surface area contributed by atoms with Crippen LogP contribution in [0.15, 0.2) is 0 Å². The van der Waals surface area contributed by atoms with Gasteiger partial charge in [0, 0.05) is 13.5 Å². The van der Waals surface area contributed by atoms with Crippen LogP contribution in [0.25, 0.3) is 0 Å². The van der Waals surface area contributed by atoms with E-state index >= 15 is 0 Å². The Labute approximate surface area is 174 Å². The summed E-state index contributed by atoms with van der Waals surface area (Å²) in [5, 5.41) is 39.5. The lowest BCUT2D eigenvalue weighted by Gasteiger charge is -2.46. The van der Waals surface area contributed by atoms with Crippen LogP contribution in [0, 0.1) is 0 Å². The second-order valence-corrected chi connectivity index (χ2v) is 7.88. The summed E-state index contributed by atoms with van der Waals surface area (Å²) in [4.78, 5) is 12.2. The van der Waals surface area contributed by atoms with E-state index < -0.39 is 43.0 Å². The molecule has 0 aromatic rings. The van der Waals surface area contributed by atoms with E-state index in [0.717, 1.165) is 19.3 Å². The van der Waals surface area contributed by atoms with Gasteiger partial charge in [-0.15, -0.1) is 0 Å². The zero-order valence-corrected chi connectivity index (χ0v) is 17.9. The van der Waals surface area contributed by atoms with Gasteiger partial charge in [-0.25, -0.2) is 0 Å². The number of methoxy groups -OCH3 is 1. The van der Waals surface area contributed by atoms with Crippen LogP contribution in [0.5, 0.6) is 0 Å². The van der Waals surface area contributed by atoms with Crippen molar-refractivity contribution in [1.82, 2.24) is 0 Å². The summed E-state index contributed by atoms with van der Waals surface area (Å²) in [6, 6.07) is 0. The number of ether oxygens (including phenoxy) is 3. The highest BCUT2D eigenvalue weighted by atomic mass is 16.8. The molecule has 1 fully saturated rings. The number of esters is 1. The molecule has 0 amide bonds. The van der Waals surface area contributed by atoms with Gasteiger partial charge in [-0.1, -0.05) is 71.1 Å². The summed E-state index contributed by atoms with van der Waals surface area (Å²) in [5.41, 5.74) is 0. The molecule has 0 aromatic carbocycles. The van der Waals surface area contributed by atoms with Crippen molar-refractivity contribution in [2.24, 2.45) is 0 Å². The summed E-state index contributed by atoms with van der Waals surface area (Å²) >= 11 is 0. The van der Waals surface area contributed by atoms with Gasteiger partial charge in [-0.3, -0.25) is 4.79 Å². The van der Waals surface area contributed by atoms with E-state index in [1.54, 1.807) is 0 Å². The minimum absolute atomic E-state index is 0.116. The third-order valence-electron chi connectivity index (χ3n) is 5.44. The summed E-state index contributed by atoms with van der Waals surface area (Å²) < 4.78 is 15.3. The van der Waals surface area contributed by atoms with Crippen molar-refractivity contribution in [2.75, 3.05) is 13.7 Å². The lowest BCUT2D eigenvalue weighted by Crippen LogP contribution is -2.67. The second kappa shape index (κ2) is 14.3. The van der Waals surface area contributed by atoms with Crippen LogP contribution in [0.2, 0.25) is 0 Å². The van der Waals surface area contributed by atoms with Crippen LogP contribution < -0.4 is 0 Å². The number of carbonyl (C=O) groups excluding carboxylic acids is 1. The van der Waals surface area contributed by atoms with E-state index in [1.165, 1.54) is 52.1 Å². The molecule has 1 saturated heterocycles. The van der Waals surface area contributed by atoms with Crippen molar-refractivity contribution >= 4 is 5.97 Å². The number of aliphatic hydroxyl groups excluding tert-OH is 4. The van der Waals surface area contributed by atoms with Crippen LogP contribution in [0.1, 0.15) is 84.0 Å². The molecule has 8 nitrogen and oxygen atoms in total. The van der Waals surface area contributed by atoms with Crippen LogP contribution in [0.4, 0.5) is 0 Å². The number of hydrogen-bond acceptors (Lipinski definition) is 8. The Bertz CT molecular complexity index is 444. The molecule has 5 atom stereocenters. The Balaban J connectivity index is 2.25. The fraction of sp³-hybridized carbons (Fsp3) is 0.952. The summed E-state index contributed by atoms with van der Waals surface area (Å²) in [7, 11) is 1.23. The molecule has 1 aliphatic heterocycles. The van der Waals surface area contributed by atoms with Crippen LogP contribution in [-0.4, -0.2) is 70.5 Å². The average molecular weight is 421 g/mol. The SMILES string of the molecule is CCCCCCCCCCCCCC(=O)OC1(CO)O[C@H](OC)[C@@H](O)[C@@H](O)[C@H]1O.